The van der Waals surface area contributed by atoms with Gasteiger partial charge in [-0.3, -0.25) is 4.99 Å². The molecule has 0 saturated heterocycles. The van der Waals surface area contributed by atoms with Crippen LogP contribution >= 0.6 is 0 Å². The Morgan fingerprint density at radius 1 is 1.24 bits per heavy atom. The van der Waals surface area contributed by atoms with E-state index in [-0.39, 0.29) is 0 Å². The standard InChI is InChI=1S/C20H28N4O/c1-15(2)18-11-17(25-24-18)13-22-19(21-3)23-14-20(9-10-20)12-16-7-5-4-6-8-16/h4-8,11,15H,9-10,12-14H2,1-3H3,(H2,21,22,23). The number of aromatic nitrogens is 1. The van der Waals surface area contributed by atoms with E-state index in [1.54, 1.807) is 7.05 Å². The van der Waals surface area contributed by atoms with E-state index in [1.165, 1.54) is 18.4 Å². The van der Waals surface area contributed by atoms with Crippen molar-refractivity contribution >= 4 is 5.96 Å². The molecule has 0 radical (unpaired) electrons. The van der Waals surface area contributed by atoms with Crippen LogP contribution in [0.2, 0.25) is 0 Å². The van der Waals surface area contributed by atoms with E-state index in [4.69, 9.17) is 4.52 Å². The van der Waals surface area contributed by atoms with Crippen molar-refractivity contribution in [1.82, 2.24) is 15.8 Å². The first-order valence-electron chi connectivity index (χ1n) is 9.04. The van der Waals surface area contributed by atoms with Gasteiger partial charge in [-0.25, -0.2) is 0 Å². The van der Waals surface area contributed by atoms with Gasteiger partial charge in [0.15, 0.2) is 11.7 Å². The molecule has 1 saturated carbocycles. The minimum atomic E-state index is 0.371. The summed E-state index contributed by atoms with van der Waals surface area (Å²) in [5.41, 5.74) is 2.77. The zero-order chi connectivity index (χ0) is 17.7. The third-order valence-corrected chi connectivity index (χ3v) is 4.83. The van der Waals surface area contributed by atoms with Crippen LogP contribution in [0, 0.1) is 5.41 Å². The highest BCUT2D eigenvalue weighted by Gasteiger charge is 2.42. The second-order valence-corrected chi connectivity index (χ2v) is 7.31. The first-order valence-corrected chi connectivity index (χ1v) is 9.04. The average molecular weight is 340 g/mol. The highest BCUT2D eigenvalue weighted by Crippen LogP contribution is 2.47. The zero-order valence-electron chi connectivity index (χ0n) is 15.4. The summed E-state index contributed by atoms with van der Waals surface area (Å²) in [6.45, 7) is 5.75. The van der Waals surface area contributed by atoms with Crippen molar-refractivity contribution < 1.29 is 4.52 Å². The number of nitrogens with one attached hydrogen (secondary N) is 2. The Morgan fingerprint density at radius 2 is 2.00 bits per heavy atom. The van der Waals surface area contributed by atoms with Crippen LogP contribution in [0.25, 0.3) is 0 Å². The third-order valence-electron chi connectivity index (χ3n) is 4.83. The van der Waals surface area contributed by atoms with Gasteiger partial charge in [-0.05, 0) is 36.2 Å². The molecular weight excluding hydrogens is 312 g/mol. The van der Waals surface area contributed by atoms with Gasteiger partial charge >= 0.3 is 0 Å². The lowest BCUT2D eigenvalue weighted by molar-refractivity contribution is 0.371. The Bertz CT molecular complexity index is 701. The van der Waals surface area contributed by atoms with Crippen LogP contribution in [0.4, 0.5) is 0 Å². The maximum atomic E-state index is 5.36. The summed E-state index contributed by atoms with van der Waals surface area (Å²) in [6, 6.07) is 12.7. The fraction of sp³-hybridized carbons (Fsp3) is 0.500. The van der Waals surface area contributed by atoms with Crippen molar-refractivity contribution in [2.45, 2.75) is 45.6 Å². The fourth-order valence-corrected chi connectivity index (χ4v) is 2.97. The number of benzene rings is 1. The Labute approximate surface area is 149 Å². The smallest absolute Gasteiger partial charge is 0.191 e. The van der Waals surface area contributed by atoms with Gasteiger partial charge in [-0.15, -0.1) is 0 Å². The molecule has 3 rings (SSSR count). The van der Waals surface area contributed by atoms with Gasteiger partial charge in [0.25, 0.3) is 0 Å². The summed E-state index contributed by atoms with van der Waals surface area (Å²) in [6.07, 6.45) is 3.66. The summed E-state index contributed by atoms with van der Waals surface area (Å²) in [5, 5.41) is 10.9. The van der Waals surface area contributed by atoms with Crippen LogP contribution in [0.1, 0.15) is 49.6 Å². The van der Waals surface area contributed by atoms with Crippen LogP contribution in [0.3, 0.4) is 0 Å². The Kier molecular flexibility index (Phi) is 5.41. The molecule has 5 nitrogen and oxygen atoms in total. The predicted octanol–water partition coefficient (Wildman–Crippen LogP) is 3.49. The van der Waals surface area contributed by atoms with Crippen LogP contribution < -0.4 is 10.6 Å². The molecule has 1 heterocycles. The molecule has 2 N–H and O–H groups in total. The summed E-state index contributed by atoms with van der Waals surface area (Å²) < 4.78 is 5.36. The zero-order valence-corrected chi connectivity index (χ0v) is 15.4. The van der Waals surface area contributed by atoms with Crippen molar-refractivity contribution in [2.75, 3.05) is 13.6 Å². The van der Waals surface area contributed by atoms with E-state index in [0.717, 1.165) is 30.4 Å². The maximum absolute atomic E-state index is 5.36. The molecule has 0 atom stereocenters. The lowest BCUT2D eigenvalue weighted by Crippen LogP contribution is -2.40. The number of aliphatic imine (C=N–C) groups is 1. The maximum Gasteiger partial charge on any atom is 0.191 e. The summed E-state index contributed by atoms with van der Waals surface area (Å²) in [5.74, 6) is 2.02. The highest BCUT2D eigenvalue weighted by molar-refractivity contribution is 5.79. The molecule has 25 heavy (non-hydrogen) atoms. The summed E-state index contributed by atoms with van der Waals surface area (Å²) >= 11 is 0. The van der Waals surface area contributed by atoms with Crippen LogP contribution in [0.15, 0.2) is 45.9 Å². The van der Waals surface area contributed by atoms with Crippen molar-refractivity contribution in [3.8, 4) is 0 Å². The molecule has 1 aromatic heterocycles. The predicted molar refractivity (Wildman–Crippen MR) is 101 cm³/mol. The monoisotopic (exact) mass is 340 g/mol. The van der Waals surface area contributed by atoms with E-state index >= 15 is 0 Å². The topological polar surface area (TPSA) is 62.5 Å². The third kappa shape index (κ3) is 4.84. The fourth-order valence-electron chi connectivity index (χ4n) is 2.97. The van der Waals surface area contributed by atoms with E-state index in [9.17, 15) is 0 Å². The van der Waals surface area contributed by atoms with Crippen LogP contribution in [-0.2, 0) is 13.0 Å². The van der Waals surface area contributed by atoms with E-state index < -0.39 is 0 Å². The summed E-state index contributed by atoms with van der Waals surface area (Å²) in [7, 11) is 1.80. The molecule has 0 spiro atoms. The minimum absolute atomic E-state index is 0.371. The normalized spacial score (nSPS) is 16.1. The number of hydrogen-bond acceptors (Lipinski definition) is 3. The molecule has 1 aromatic carbocycles. The average Bonchev–Trinajstić information content (AvgIpc) is 3.20. The summed E-state index contributed by atoms with van der Waals surface area (Å²) in [4.78, 5) is 4.32. The Hall–Kier alpha value is -2.30. The quantitative estimate of drug-likeness (QED) is 0.598. The van der Waals surface area contributed by atoms with Crippen molar-refractivity contribution in [3.05, 3.63) is 53.4 Å². The van der Waals surface area contributed by atoms with Gasteiger partial charge in [0.1, 0.15) is 0 Å². The van der Waals surface area contributed by atoms with Crippen LogP contribution in [-0.4, -0.2) is 24.7 Å². The number of hydrogen-bond donors (Lipinski definition) is 2. The van der Waals surface area contributed by atoms with Gasteiger partial charge in [-0.1, -0.05) is 49.3 Å². The molecular formula is C20H28N4O. The lowest BCUT2D eigenvalue weighted by Gasteiger charge is -2.18. The molecule has 134 valence electrons. The van der Waals surface area contributed by atoms with Gasteiger partial charge in [0, 0.05) is 19.7 Å². The first-order chi connectivity index (χ1) is 12.1. The van der Waals surface area contributed by atoms with Gasteiger partial charge < -0.3 is 15.2 Å². The minimum Gasteiger partial charge on any atom is -0.359 e. The molecule has 1 aliphatic rings. The molecule has 1 aliphatic carbocycles. The van der Waals surface area contributed by atoms with Crippen molar-refractivity contribution in [3.63, 3.8) is 0 Å². The first kappa shape index (κ1) is 17.5. The SMILES string of the molecule is CN=C(NCc1cc(C(C)C)no1)NCC1(Cc2ccccc2)CC1. The van der Waals surface area contributed by atoms with E-state index in [2.05, 4.69) is 65.0 Å². The van der Waals surface area contributed by atoms with Gasteiger partial charge in [0.05, 0.1) is 12.2 Å². The van der Waals surface area contributed by atoms with Crippen molar-refractivity contribution in [1.29, 1.82) is 0 Å². The van der Waals surface area contributed by atoms with Gasteiger partial charge in [0.2, 0.25) is 0 Å². The molecule has 0 aliphatic heterocycles. The largest absolute Gasteiger partial charge is 0.359 e. The number of rotatable bonds is 7. The lowest BCUT2D eigenvalue weighted by atomic mass is 9.96. The van der Waals surface area contributed by atoms with E-state index in [0.29, 0.717) is 17.9 Å². The second-order valence-electron chi connectivity index (χ2n) is 7.31. The second kappa shape index (κ2) is 7.72. The van der Waals surface area contributed by atoms with Crippen molar-refractivity contribution in [2.24, 2.45) is 10.4 Å². The van der Waals surface area contributed by atoms with Gasteiger partial charge in [-0.2, -0.15) is 0 Å². The number of guanidine groups is 1. The molecule has 2 aromatic rings. The molecule has 0 bridgehead atoms. The Balaban J connectivity index is 1.47. The molecule has 5 heteroatoms. The van der Waals surface area contributed by atoms with E-state index in [1.807, 2.05) is 6.07 Å². The van der Waals surface area contributed by atoms with Crippen LogP contribution in [0.5, 0.6) is 0 Å². The number of nitrogens with zero attached hydrogens (tertiary/aromatic N) is 2. The molecule has 1 fully saturated rings. The Morgan fingerprint density at radius 3 is 2.60 bits per heavy atom. The molecule has 0 unspecified atom stereocenters. The molecule has 0 amide bonds. The highest BCUT2D eigenvalue weighted by atomic mass is 16.5.